The fourth-order valence-electron chi connectivity index (χ4n) is 3.62. The van der Waals surface area contributed by atoms with Crippen LogP contribution in [0.5, 0.6) is 5.75 Å². The van der Waals surface area contributed by atoms with Crippen LogP contribution in [0.25, 0.3) is 11.0 Å². The molecule has 2 atom stereocenters. The quantitative estimate of drug-likeness (QED) is 0.863. The van der Waals surface area contributed by atoms with Crippen LogP contribution in [-0.2, 0) is 0 Å². The number of benzene rings is 1. The lowest BCUT2D eigenvalue weighted by atomic mass is 9.85. The van der Waals surface area contributed by atoms with E-state index in [9.17, 15) is 4.79 Å². The lowest BCUT2D eigenvalue weighted by molar-refractivity contribution is 0.0928. The van der Waals surface area contributed by atoms with Gasteiger partial charge in [0.2, 0.25) is 0 Å². The number of piperidine rings is 2. The summed E-state index contributed by atoms with van der Waals surface area (Å²) in [6.45, 7) is 0. The van der Waals surface area contributed by atoms with Crippen molar-refractivity contribution in [3.63, 3.8) is 0 Å². The van der Waals surface area contributed by atoms with Crippen LogP contribution in [0.4, 0.5) is 0 Å². The van der Waals surface area contributed by atoms with Crippen LogP contribution in [0.3, 0.4) is 0 Å². The van der Waals surface area contributed by atoms with Crippen LogP contribution in [0.15, 0.2) is 39.5 Å². The molecule has 0 amide bonds. The van der Waals surface area contributed by atoms with E-state index in [1.165, 1.54) is 25.3 Å². The Bertz CT molecular complexity index is 702. The molecular weight excluding hydrogens is 302 g/mol. The Hall–Kier alpha value is -1.52. The number of hydrogen-bond donors (Lipinski definition) is 1. The molecule has 2 bridgehead atoms. The third-order valence-electron chi connectivity index (χ3n) is 4.57. The molecule has 118 valence electrons. The largest absolute Gasteiger partial charge is 0.490 e. The van der Waals surface area contributed by atoms with E-state index in [-0.39, 0.29) is 24.1 Å². The van der Waals surface area contributed by atoms with E-state index >= 15 is 0 Å². The number of nitrogens with one attached hydrogen (secondary N) is 1. The average Bonchev–Trinajstić information content (AvgIpc) is 2.46. The maximum atomic E-state index is 11.3. The zero-order valence-corrected chi connectivity index (χ0v) is 13.1. The first-order chi connectivity index (χ1) is 10.3. The Kier molecular flexibility index (Phi) is 4.41. The van der Waals surface area contributed by atoms with Crippen molar-refractivity contribution in [2.45, 2.75) is 50.3 Å². The standard InChI is InChI=1S/C17H19NO3.ClH/c19-17-7-5-11-4-6-14(10-16(11)21-17)20-15-8-12-2-1-3-13(9-15)18-12;/h4-7,10,12-13,15,18H,1-3,8-9H2;1H. The fraction of sp³-hybridized carbons (Fsp3) is 0.471. The molecule has 2 aliphatic heterocycles. The predicted octanol–water partition coefficient (Wildman–Crippen LogP) is 3.27. The highest BCUT2D eigenvalue weighted by Gasteiger charge is 2.32. The van der Waals surface area contributed by atoms with Gasteiger partial charge in [-0.05, 0) is 43.9 Å². The van der Waals surface area contributed by atoms with Crippen molar-refractivity contribution >= 4 is 23.4 Å². The van der Waals surface area contributed by atoms with Gasteiger partial charge in [0.1, 0.15) is 17.4 Å². The fourth-order valence-corrected chi connectivity index (χ4v) is 3.62. The summed E-state index contributed by atoms with van der Waals surface area (Å²) in [5.74, 6) is 0.793. The molecule has 1 aromatic heterocycles. The molecular formula is C17H20ClNO3. The molecule has 2 saturated heterocycles. The van der Waals surface area contributed by atoms with Crippen LogP contribution >= 0.6 is 12.4 Å². The predicted molar refractivity (Wildman–Crippen MR) is 87.9 cm³/mol. The summed E-state index contributed by atoms with van der Waals surface area (Å²) in [6, 6.07) is 10.1. The SMILES string of the molecule is Cl.O=c1ccc2ccc(OC3CC4CCCC(C3)N4)cc2o1. The summed E-state index contributed by atoms with van der Waals surface area (Å²) in [7, 11) is 0. The van der Waals surface area contributed by atoms with Gasteiger partial charge in [-0.1, -0.05) is 6.42 Å². The lowest BCUT2D eigenvalue weighted by Crippen LogP contribution is -2.51. The highest BCUT2D eigenvalue weighted by Crippen LogP contribution is 2.29. The average molecular weight is 322 g/mol. The van der Waals surface area contributed by atoms with Gasteiger partial charge >= 0.3 is 5.63 Å². The summed E-state index contributed by atoms with van der Waals surface area (Å²) in [5, 5.41) is 4.59. The molecule has 2 fully saturated rings. The maximum Gasteiger partial charge on any atom is 0.336 e. The highest BCUT2D eigenvalue weighted by atomic mass is 35.5. The van der Waals surface area contributed by atoms with Gasteiger partial charge in [-0.3, -0.25) is 0 Å². The normalized spacial score (nSPS) is 27.2. The van der Waals surface area contributed by atoms with Gasteiger partial charge in [0, 0.05) is 29.6 Å². The summed E-state index contributed by atoms with van der Waals surface area (Å²) in [5.41, 5.74) is 0.269. The molecule has 1 aromatic carbocycles. The molecule has 0 spiro atoms. The second kappa shape index (κ2) is 6.31. The molecule has 4 nitrogen and oxygen atoms in total. The molecule has 0 aliphatic carbocycles. The first kappa shape index (κ1) is 15.4. The number of halogens is 1. The monoisotopic (exact) mass is 321 g/mol. The topological polar surface area (TPSA) is 51.5 Å². The van der Waals surface area contributed by atoms with Crippen molar-refractivity contribution in [1.29, 1.82) is 0 Å². The molecule has 0 saturated carbocycles. The van der Waals surface area contributed by atoms with E-state index in [1.807, 2.05) is 18.2 Å². The Labute approximate surface area is 135 Å². The van der Waals surface area contributed by atoms with Crippen molar-refractivity contribution in [1.82, 2.24) is 5.32 Å². The molecule has 2 aliphatic rings. The van der Waals surface area contributed by atoms with Crippen LogP contribution in [0.2, 0.25) is 0 Å². The molecule has 2 unspecified atom stereocenters. The summed E-state index contributed by atoms with van der Waals surface area (Å²) < 4.78 is 11.4. The Morgan fingerprint density at radius 2 is 1.82 bits per heavy atom. The highest BCUT2D eigenvalue weighted by molar-refractivity contribution is 5.85. The molecule has 2 aromatic rings. The number of ether oxygens (including phenoxy) is 1. The van der Waals surface area contributed by atoms with E-state index in [4.69, 9.17) is 9.15 Å². The number of rotatable bonds is 2. The van der Waals surface area contributed by atoms with Crippen molar-refractivity contribution < 1.29 is 9.15 Å². The van der Waals surface area contributed by atoms with E-state index in [0.717, 1.165) is 24.0 Å². The molecule has 4 rings (SSSR count). The molecule has 5 heteroatoms. The first-order valence-corrected chi connectivity index (χ1v) is 7.73. The summed E-state index contributed by atoms with van der Waals surface area (Å²) in [4.78, 5) is 11.3. The van der Waals surface area contributed by atoms with Gasteiger partial charge in [0.25, 0.3) is 0 Å². The number of fused-ring (bicyclic) bond motifs is 3. The Morgan fingerprint density at radius 3 is 2.59 bits per heavy atom. The van der Waals surface area contributed by atoms with E-state index < -0.39 is 0 Å². The minimum absolute atomic E-state index is 0. The van der Waals surface area contributed by atoms with Crippen LogP contribution < -0.4 is 15.7 Å². The third-order valence-corrected chi connectivity index (χ3v) is 4.57. The van der Waals surface area contributed by atoms with Gasteiger partial charge < -0.3 is 14.5 Å². The van der Waals surface area contributed by atoms with Crippen LogP contribution in [0.1, 0.15) is 32.1 Å². The van der Waals surface area contributed by atoms with Crippen molar-refractivity contribution in [2.24, 2.45) is 0 Å². The lowest BCUT2D eigenvalue weighted by Gasteiger charge is -2.40. The smallest absolute Gasteiger partial charge is 0.336 e. The van der Waals surface area contributed by atoms with Crippen molar-refractivity contribution in [2.75, 3.05) is 0 Å². The van der Waals surface area contributed by atoms with Gasteiger partial charge in [-0.2, -0.15) is 0 Å². The van der Waals surface area contributed by atoms with Crippen LogP contribution in [-0.4, -0.2) is 18.2 Å². The van der Waals surface area contributed by atoms with E-state index in [0.29, 0.717) is 17.7 Å². The van der Waals surface area contributed by atoms with Crippen molar-refractivity contribution in [3.8, 4) is 5.75 Å². The summed E-state index contributed by atoms with van der Waals surface area (Å²) in [6.07, 6.45) is 6.22. The first-order valence-electron chi connectivity index (χ1n) is 7.73. The molecule has 0 radical (unpaired) electrons. The van der Waals surface area contributed by atoms with E-state index in [2.05, 4.69) is 5.32 Å². The third kappa shape index (κ3) is 3.13. The minimum Gasteiger partial charge on any atom is -0.490 e. The maximum absolute atomic E-state index is 11.3. The minimum atomic E-state index is -0.323. The molecule has 22 heavy (non-hydrogen) atoms. The zero-order chi connectivity index (χ0) is 14.2. The van der Waals surface area contributed by atoms with Crippen LogP contribution in [0, 0.1) is 0 Å². The van der Waals surface area contributed by atoms with E-state index in [1.54, 1.807) is 6.07 Å². The Morgan fingerprint density at radius 1 is 1.09 bits per heavy atom. The van der Waals surface area contributed by atoms with Crippen molar-refractivity contribution in [3.05, 3.63) is 40.8 Å². The zero-order valence-electron chi connectivity index (χ0n) is 12.3. The van der Waals surface area contributed by atoms with Gasteiger partial charge in [0.05, 0.1) is 0 Å². The second-order valence-electron chi connectivity index (χ2n) is 6.16. The number of hydrogen-bond acceptors (Lipinski definition) is 4. The molecule has 1 N–H and O–H groups in total. The van der Waals surface area contributed by atoms with Gasteiger partial charge in [-0.25, -0.2) is 4.79 Å². The van der Waals surface area contributed by atoms with Gasteiger partial charge in [0.15, 0.2) is 0 Å². The summed E-state index contributed by atoms with van der Waals surface area (Å²) >= 11 is 0. The van der Waals surface area contributed by atoms with Gasteiger partial charge in [-0.15, -0.1) is 12.4 Å². The Balaban J connectivity index is 0.00000144. The molecule has 3 heterocycles. The second-order valence-corrected chi connectivity index (χ2v) is 6.16.